The molecular weight excluding hydrogens is 287 g/mol. The normalized spacial score (nSPS) is 10.6. The molecule has 0 atom stereocenters. The number of amides is 1. The molecule has 100 valence electrons. The largest absolute Gasteiger partial charge is 0.319 e. The molecule has 0 fully saturated rings. The lowest BCUT2D eigenvalue weighted by Gasteiger charge is -2.06. The van der Waals surface area contributed by atoms with E-state index in [4.69, 9.17) is 23.2 Å². The third-order valence-corrected chi connectivity index (χ3v) is 3.49. The lowest BCUT2D eigenvalue weighted by atomic mass is 10.2. The van der Waals surface area contributed by atoms with Gasteiger partial charge >= 0.3 is 0 Å². The Morgan fingerprint density at radius 1 is 1.37 bits per heavy atom. The molecule has 0 aliphatic rings. The van der Waals surface area contributed by atoms with Gasteiger partial charge in [0.25, 0.3) is 5.91 Å². The smallest absolute Gasteiger partial charge is 0.257 e. The van der Waals surface area contributed by atoms with Gasteiger partial charge in [-0.2, -0.15) is 5.10 Å². The lowest BCUT2D eigenvalue weighted by Crippen LogP contribution is -2.13. The zero-order chi connectivity index (χ0) is 14.2. The molecule has 0 radical (unpaired) electrons. The van der Waals surface area contributed by atoms with E-state index in [0.29, 0.717) is 11.3 Å². The van der Waals surface area contributed by atoms with Gasteiger partial charge in [-0.15, -0.1) is 0 Å². The fourth-order valence-electron chi connectivity index (χ4n) is 1.69. The maximum Gasteiger partial charge on any atom is 0.257 e. The third-order valence-electron chi connectivity index (χ3n) is 2.81. The monoisotopic (exact) mass is 298 g/mol. The van der Waals surface area contributed by atoms with Crippen molar-refractivity contribution in [3.05, 3.63) is 39.4 Å². The van der Waals surface area contributed by atoms with Crippen LogP contribution in [0.15, 0.2) is 12.3 Å². The molecule has 0 aliphatic heterocycles. The number of pyridine rings is 1. The molecule has 0 bridgehead atoms. The SMILES string of the molecule is Cc1nn(C)c(C)c1NC(=O)c1cnc(Cl)c(Cl)c1. The second kappa shape index (κ2) is 5.19. The summed E-state index contributed by atoms with van der Waals surface area (Å²) in [6.45, 7) is 3.71. The minimum absolute atomic E-state index is 0.173. The minimum atomic E-state index is -0.301. The molecule has 2 aromatic heterocycles. The van der Waals surface area contributed by atoms with Crippen LogP contribution < -0.4 is 5.32 Å². The Kier molecular flexibility index (Phi) is 3.78. The van der Waals surface area contributed by atoms with Crippen molar-refractivity contribution in [1.82, 2.24) is 14.8 Å². The summed E-state index contributed by atoms with van der Waals surface area (Å²) in [6, 6.07) is 1.48. The summed E-state index contributed by atoms with van der Waals surface area (Å²) in [5.41, 5.74) is 2.66. The van der Waals surface area contributed by atoms with E-state index >= 15 is 0 Å². The van der Waals surface area contributed by atoms with Crippen molar-refractivity contribution in [2.75, 3.05) is 5.32 Å². The number of carbonyl (C=O) groups is 1. The highest BCUT2D eigenvalue weighted by atomic mass is 35.5. The summed E-state index contributed by atoms with van der Waals surface area (Å²) in [5, 5.41) is 7.44. The molecule has 0 saturated heterocycles. The van der Waals surface area contributed by atoms with Gasteiger partial charge in [-0.3, -0.25) is 9.48 Å². The maximum absolute atomic E-state index is 12.1. The Morgan fingerprint density at radius 2 is 2.05 bits per heavy atom. The third kappa shape index (κ3) is 2.72. The first-order chi connectivity index (χ1) is 8.90. The van der Waals surface area contributed by atoms with Crippen LogP contribution >= 0.6 is 23.2 Å². The average Bonchev–Trinajstić information content (AvgIpc) is 2.59. The van der Waals surface area contributed by atoms with Crippen molar-refractivity contribution < 1.29 is 4.79 Å². The maximum atomic E-state index is 12.1. The molecule has 0 unspecified atom stereocenters. The summed E-state index contributed by atoms with van der Waals surface area (Å²) in [4.78, 5) is 15.9. The van der Waals surface area contributed by atoms with Crippen molar-refractivity contribution in [1.29, 1.82) is 0 Å². The number of aryl methyl sites for hydroxylation is 2. The van der Waals surface area contributed by atoms with Gasteiger partial charge in [-0.05, 0) is 19.9 Å². The molecule has 2 rings (SSSR count). The Labute approximate surface area is 120 Å². The summed E-state index contributed by atoms with van der Waals surface area (Å²) in [6.07, 6.45) is 1.38. The molecule has 0 spiro atoms. The van der Waals surface area contributed by atoms with Crippen LogP contribution in [-0.2, 0) is 7.05 Å². The van der Waals surface area contributed by atoms with Crippen molar-refractivity contribution in [3.8, 4) is 0 Å². The van der Waals surface area contributed by atoms with Gasteiger partial charge in [0.1, 0.15) is 5.15 Å². The van der Waals surface area contributed by atoms with Gasteiger partial charge < -0.3 is 5.32 Å². The van der Waals surface area contributed by atoms with Crippen LogP contribution in [0.1, 0.15) is 21.7 Å². The van der Waals surface area contributed by atoms with Crippen molar-refractivity contribution in [2.24, 2.45) is 7.05 Å². The molecule has 0 aromatic carbocycles. The van der Waals surface area contributed by atoms with Crippen LogP contribution in [0.3, 0.4) is 0 Å². The summed E-state index contributed by atoms with van der Waals surface area (Å²) < 4.78 is 1.71. The highest BCUT2D eigenvalue weighted by molar-refractivity contribution is 6.41. The predicted molar refractivity (Wildman–Crippen MR) is 74.9 cm³/mol. The van der Waals surface area contributed by atoms with E-state index in [0.717, 1.165) is 11.4 Å². The van der Waals surface area contributed by atoms with Gasteiger partial charge in [0.2, 0.25) is 0 Å². The molecule has 7 heteroatoms. The average molecular weight is 299 g/mol. The number of carbonyl (C=O) groups excluding carboxylic acids is 1. The fraction of sp³-hybridized carbons (Fsp3) is 0.250. The van der Waals surface area contributed by atoms with Crippen molar-refractivity contribution in [3.63, 3.8) is 0 Å². The van der Waals surface area contributed by atoms with E-state index in [1.54, 1.807) is 4.68 Å². The molecule has 19 heavy (non-hydrogen) atoms. The number of halogens is 2. The first kappa shape index (κ1) is 13.8. The number of hydrogen-bond donors (Lipinski definition) is 1. The Bertz CT molecular complexity index is 651. The fourth-order valence-corrected chi connectivity index (χ4v) is 1.96. The second-order valence-electron chi connectivity index (χ2n) is 4.12. The van der Waals surface area contributed by atoms with E-state index in [1.807, 2.05) is 20.9 Å². The number of anilines is 1. The number of nitrogens with zero attached hydrogens (tertiary/aromatic N) is 3. The number of nitrogens with one attached hydrogen (secondary N) is 1. The van der Waals surface area contributed by atoms with E-state index in [9.17, 15) is 4.79 Å². The molecule has 0 saturated carbocycles. The van der Waals surface area contributed by atoms with Gasteiger partial charge in [0, 0.05) is 13.2 Å². The predicted octanol–water partition coefficient (Wildman–Crippen LogP) is 2.99. The van der Waals surface area contributed by atoms with Crippen LogP contribution in [0.25, 0.3) is 0 Å². The van der Waals surface area contributed by atoms with E-state index in [-0.39, 0.29) is 16.1 Å². The highest BCUT2D eigenvalue weighted by Crippen LogP contribution is 2.22. The van der Waals surface area contributed by atoms with Gasteiger partial charge in [0.15, 0.2) is 0 Å². The molecule has 5 nitrogen and oxygen atoms in total. The van der Waals surface area contributed by atoms with Crippen LogP contribution in [0.5, 0.6) is 0 Å². The topological polar surface area (TPSA) is 59.8 Å². The van der Waals surface area contributed by atoms with Crippen molar-refractivity contribution >= 4 is 34.8 Å². The van der Waals surface area contributed by atoms with Crippen LogP contribution in [0.2, 0.25) is 10.2 Å². The Morgan fingerprint density at radius 3 is 2.58 bits per heavy atom. The standard InChI is InChI=1S/C12H12Cl2N4O/c1-6-10(7(2)18(3)17-6)16-12(19)8-4-9(13)11(14)15-5-8/h4-5H,1-3H3,(H,16,19). The summed E-state index contributed by atoms with van der Waals surface area (Å²) in [5.74, 6) is -0.301. The Hall–Kier alpha value is -1.59. The molecule has 2 heterocycles. The Balaban J connectivity index is 2.28. The zero-order valence-corrected chi connectivity index (χ0v) is 12.2. The zero-order valence-electron chi connectivity index (χ0n) is 10.7. The second-order valence-corrected chi connectivity index (χ2v) is 4.89. The molecule has 0 aliphatic carbocycles. The number of aromatic nitrogens is 3. The van der Waals surface area contributed by atoms with Gasteiger partial charge in [-0.25, -0.2) is 4.98 Å². The molecular formula is C12H12Cl2N4O. The summed E-state index contributed by atoms with van der Waals surface area (Å²) >= 11 is 11.5. The van der Waals surface area contributed by atoms with Gasteiger partial charge in [0.05, 0.1) is 27.7 Å². The lowest BCUT2D eigenvalue weighted by molar-refractivity contribution is 0.102. The van der Waals surface area contributed by atoms with E-state index in [1.165, 1.54) is 12.3 Å². The van der Waals surface area contributed by atoms with Crippen molar-refractivity contribution in [2.45, 2.75) is 13.8 Å². The highest BCUT2D eigenvalue weighted by Gasteiger charge is 2.15. The van der Waals surface area contributed by atoms with Crippen LogP contribution in [-0.4, -0.2) is 20.7 Å². The van der Waals surface area contributed by atoms with Crippen LogP contribution in [0, 0.1) is 13.8 Å². The molecule has 2 aromatic rings. The molecule has 1 N–H and O–H groups in total. The van der Waals surface area contributed by atoms with Crippen LogP contribution in [0.4, 0.5) is 5.69 Å². The first-order valence-corrected chi connectivity index (χ1v) is 6.28. The summed E-state index contributed by atoms with van der Waals surface area (Å²) in [7, 11) is 1.82. The first-order valence-electron chi connectivity index (χ1n) is 5.52. The van der Waals surface area contributed by atoms with Gasteiger partial charge in [-0.1, -0.05) is 23.2 Å². The minimum Gasteiger partial charge on any atom is -0.319 e. The van der Waals surface area contributed by atoms with E-state index in [2.05, 4.69) is 15.4 Å². The quantitative estimate of drug-likeness (QED) is 0.867. The number of rotatable bonds is 2. The number of hydrogen-bond acceptors (Lipinski definition) is 3. The molecule has 1 amide bonds. The van der Waals surface area contributed by atoms with E-state index < -0.39 is 0 Å².